The third-order valence-corrected chi connectivity index (χ3v) is 3.09. The maximum atomic E-state index is 11.6. The van der Waals surface area contributed by atoms with Gasteiger partial charge in [0.2, 0.25) is 5.91 Å². The molecule has 0 aliphatic heterocycles. The molecule has 0 spiro atoms. The Balaban J connectivity index is 1.73. The highest BCUT2D eigenvalue weighted by Gasteiger charge is 2.04. The quantitative estimate of drug-likeness (QED) is 0.852. The van der Waals surface area contributed by atoms with Crippen molar-refractivity contribution in [3.8, 4) is 0 Å². The van der Waals surface area contributed by atoms with Crippen molar-refractivity contribution in [3.63, 3.8) is 0 Å². The van der Waals surface area contributed by atoms with E-state index < -0.39 is 0 Å². The van der Waals surface area contributed by atoms with E-state index in [1.807, 2.05) is 23.6 Å². The lowest BCUT2D eigenvalue weighted by Crippen LogP contribution is -2.23. The van der Waals surface area contributed by atoms with Gasteiger partial charge in [0.1, 0.15) is 0 Å². The zero-order valence-electron chi connectivity index (χ0n) is 9.80. The predicted molar refractivity (Wildman–Crippen MR) is 70.9 cm³/mol. The van der Waals surface area contributed by atoms with Crippen LogP contribution in [0.25, 0.3) is 0 Å². The van der Waals surface area contributed by atoms with Crippen LogP contribution in [0.4, 0.5) is 5.13 Å². The number of nitrogens with zero attached hydrogens (tertiary/aromatic N) is 2. The van der Waals surface area contributed by atoms with Crippen LogP contribution >= 0.6 is 11.3 Å². The molecule has 0 aliphatic carbocycles. The molecule has 0 atom stereocenters. The fourth-order valence-electron chi connectivity index (χ4n) is 1.46. The van der Waals surface area contributed by atoms with Crippen LogP contribution in [0, 0.1) is 0 Å². The Morgan fingerprint density at radius 3 is 2.94 bits per heavy atom. The molecular weight excluding hydrogens is 248 g/mol. The van der Waals surface area contributed by atoms with Crippen molar-refractivity contribution in [2.24, 2.45) is 0 Å². The summed E-state index contributed by atoms with van der Waals surface area (Å²) in [7, 11) is 0. The van der Waals surface area contributed by atoms with Gasteiger partial charge in [-0.05, 0) is 18.6 Å². The number of hydrogen-bond donors (Lipinski definition) is 2. The summed E-state index contributed by atoms with van der Waals surface area (Å²) >= 11 is 1.39. The number of nitrogen functional groups attached to an aromatic ring is 1. The van der Waals surface area contributed by atoms with E-state index in [1.165, 1.54) is 11.3 Å². The number of rotatable bonds is 5. The number of aromatic nitrogens is 2. The zero-order valence-corrected chi connectivity index (χ0v) is 10.6. The second-order valence-corrected chi connectivity index (χ2v) is 4.66. The molecule has 0 saturated carbocycles. The van der Waals surface area contributed by atoms with Crippen molar-refractivity contribution in [2.75, 3.05) is 5.73 Å². The van der Waals surface area contributed by atoms with Crippen molar-refractivity contribution >= 4 is 22.4 Å². The molecule has 0 saturated heterocycles. The summed E-state index contributed by atoms with van der Waals surface area (Å²) in [4.78, 5) is 19.8. The molecule has 5 nitrogen and oxygen atoms in total. The first-order valence-electron chi connectivity index (χ1n) is 5.60. The van der Waals surface area contributed by atoms with Crippen LogP contribution in [0.5, 0.6) is 0 Å². The summed E-state index contributed by atoms with van der Waals surface area (Å²) in [5.74, 6) is -0.00720. The Hall–Kier alpha value is -1.95. The molecule has 2 rings (SSSR count). The van der Waals surface area contributed by atoms with Gasteiger partial charge in [-0.1, -0.05) is 6.07 Å². The van der Waals surface area contributed by atoms with Gasteiger partial charge in [-0.25, -0.2) is 4.98 Å². The van der Waals surface area contributed by atoms with Gasteiger partial charge in [-0.15, -0.1) is 11.3 Å². The van der Waals surface area contributed by atoms with Gasteiger partial charge in [0.05, 0.1) is 17.9 Å². The molecule has 2 heterocycles. The van der Waals surface area contributed by atoms with Crippen LogP contribution in [0.1, 0.15) is 17.8 Å². The third-order valence-electron chi connectivity index (χ3n) is 2.37. The highest BCUT2D eigenvalue weighted by atomic mass is 32.1. The second-order valence-electron chi connectivity index (χ2n) is 3.77. The van der Waals surface area contributed by atoms with Gasteiger partial charge >= 0.3 is 0 Å². The molecule has 0 fully saturated rings. The number of carbonyl (C=O) groups is 1. The van der Waals surface area contributed by atoms with Crippen LogP contribution < -0.4 is 11.1 Å². The lowest BCUT2D eigenvalue weighted by Gasteiger charge is -2.03. The SMILES string of the molecule is Nc1nc(CCC(=O)NCc2ccccn2)cs1. The molecule has 18 heavy (non-hydrogen) atoms. The van der Waals surface area contributed by atoms with E-state index >= 15 is 0 Å². The molecule has 0 aliphatic rings. The normalized spacial score (nSPS) is 10.2. The van der Waals surface area contributed by atoms with Crippen LogP contribution in [0.2, 0.25) is 0 Å². The van der Waals surface area contributed by atoms with E-state index in [9.17, 15) is 4.79 Å². The number of thiazole rings is 1. The minimum atomic E-state index is -0.00720. The van der Waals surface area contributed by atoms with E-state index in [4.69, 9.17) is 5.73 Å². The summed E-state index contributed by atoms with van der Waals surface area (Å²) < 4.78 is 0. The zero-order chi connectivity index (χ0) is 12.8. The highest BCUT2D eigenvalue weighted by molar-refractivity contribution is 7.13. The first-order valence-corrected chi connectivity index (χ1v) is 6.48. The first kappa shape index (κ1) is 12.5. The standard InChI is InChI=1S/C12H14N4OS/c13-12-16-10(8-18-12)4-5-11(17)15-7-9-3-1-2-6-14-9/h1-3,6,8H,4-5,7H2,(H2,13,16)(H,15,17). The van der Waals surface area contributed by atoms with Crippen molar-refractivity contribution in [1.29, 1.82) is 0 Å². The molecule has 1 amide bonds. The fraction of sp³-hybridized carbons (Fsp3) is 0.250. The number of carbonyl (C=O) groups excluding carboxylic acids is 1. The topological polar surface area (TPSA) is 80.9 Å². The number of nitrogens with two attached hydrogens (primary N) is 1. The van der Waals surface area contributed by atoms with E-state index in [0.29, 0.717) is 24.5 Å². The first-order chi connectivity index (χ1) is 8.74. The molecule has 0 radical (unpaired) electrons. The minimum Gasteiger partial charge on any atom is -0.375 e. The van der Waals surface area contributed by atoms with Crippen molar-refractivity contribution in [2.45, 2.75) is 19.4 Å². The van der Waals surface area contributed by atoms with Gasteiger partial charge in [0.25, 0.3) is 0 Å². The summed E-state index contributed by atoms with van der Waals surface area (Å²) in [6.45, 7) is 0.457. The van der Waals surface area contributed by atoms with Gasteiger partial charge in [-0.2, -0.15) is 0 Å². The smallest absolute Gasteiger partial charge is 0.220 e. The Bertz CT molecular complexity index is 512. The number of anilines is 1. The molecule has 3 N–H and O–H groups in total. The Morgan fingerprint density at radius 1 is 1.39 bits per heavy atom. The van der Waals surface area contributed by atoms with Gasteiger partial charge in [-0.3, -0.25) is 9.78 Å². The largest absolute Gasteiger partial charge is 0.375 e. The lowest BCUT2D eigenvalue weighted by molar-refractivity contribution is -0.121. The van der Waals surface area contributed by atoms with Crippen LogP contribution in [0.3, 0.4) is 0 Å². The van der Waals surface area contributed by atoms with E-state index in [-0.39, 0.29) is 5.91 Å². The maximum absolute atomic E-state index is 11.6. The summed E-state index contributed by atoms with van der Waals surface area (Å²) in [5, 5.41) is 5.24. The molecule has 0 unspecified atom stereocenters. The van der Waals surface area contributed by atoms with Crippen molar-refractivity contribution in [3.05, 3.63) is 41.2 Å². The van der Waals surface area contributed by atoms with E-state index in [1.54, 1.807) is 6.20 Å². The van der Waals surface area contributed by atoms with E-state index in [0.717, 1.165) is 11.4 Å². The Kier molecular flexibility index (Phi) is 4.25. The van der Waals surface area contributed by atoms with Gasteiger partial charge in [0.15, 0.2) is 5.13 Å². The lowest BCUT2D eigenvalue weighted by atomic mass is 10.2. The summed E-state index contributed by atoms with van der Waals surface area (Å²) in [6.07, 6.45) is 2.73. The molecule has 94 valence electrons. The Morgan fingerprint density at radius 2 is 2.28 bits per heavy atom. The molecule has 6 heteroatoms. The van der Waals surface area contributed by atoms with Crippen LogP contribution in [-0.2, 0) is 17.8 Å². The number of hydrogen-bond acceptors (Lipinski definition) is 5. The second kappa shape index (κ2) is 6.11. The van der Waals surface area contributed by atoms with Crippen LogP contribution in [-0.4, -0.2) is 15.9 Å². The predicted octanol–water partition coefficient (Wildman–Crippen LogP) is 1.37. The number of pyridine rings is 1. The molecular formula is C12H14N4OS. The fourth-order valence-corrected chi connectivity index (χ4v) is 2.06. The number of amides is 1. The molecule has 2 aromatic rings. The average Bonchev–Trinajstić information content (AvgIpc) is 2.81. The van der Waals surface area contributed by atoms with Gasteiger partial charge < -0.3 is 11.1 Å². The molecule has 0 aromatic carbocycles. The number of nitrogens with one attached hydrogen (secondary N) is 1. The third kappa shape index (κ3) is 3.81. The van der Waals surface area contributed by atoms with Crippen molar-refractivity contribution in [1.82, 2.24) is 15.3 Å². The molecule has 0 bridgehead atoms. The minimum absolute atomic E-state index is 0.00720. The monoisotopic (exact) mass is 262 g/mol. The van der Waals surface area contributed by atoms with Crippen LogP contribution in [0.15, 0.2) is 29.8 Å². The summed E-state index contributed by atoms with van der Waals surface area (Å²) in [5.41, 5.74) is 7.24. The average molecular weight is 262 g/mol. The number of aryl methyl sites for hydroxylation is 1. The highest BCUT2D eigenvalue weighted by Crippen LogP contribution is 2.12. The van der Waals surface area contributed by atoms with E-state index in [2.05, 4.69) is 15.3 Å². The Labute approximate surface area is 109 Å². The maximum Gasteiger partial charge on any atom is 0.220 e. The van der Waals surface area contributed by atoms with Gasteiger partial charge in [0, 0.05) is 18.0 Å². The van der Waals surface area contributed by atoms with Crippen molar-refractivity contribution < 1.29 is 4.79 Å². The summed E-state index contributed by atoms with van der Waals surface area (Å²) in [6, 6.07) is 5.62. The molecule has 2 aromatic heterocycles.